The molecule has 0 bridgehead atoms. The maximum atomic E-state index is 13.7. The van der Waals surface area contributed by atoms with E-state index in [-0.39, 0.29) is 17.9 Å². The molecule has 1 N–H and O–H groups in total. The summed E-state index contributed by atoms with van der Waals surface area (Å²) in [5, 5.41) is 5.20. The lowest BCUT2D eigenvalue weighted by atomic mass is 10.2. The first kappa shape index (κ1) is 20.5. The van der Waals surface area contributed by atoms with E-state index in [0.29, 0.717) is 5.75 Å². The number of rotatable bonds is 7. The van der Waals surface area contributed by atoms with E-state index >= 15 is 0 Å². The van der Waals surface area contributed by atoms with Crippen molar-refractivity contribution in [1.82, 2.24) is 4.98 Å². The normalized spacial score (nSPS) is 11.6. The number of anilines is 1. The van der Waals surface area contributed by atoms with Gasteiger partial charge in [-0.1, -0.05) is 24.3 Å². The van der Waals surface area contributed by atoms with Crippen molar-refractivity contribution < 1.29 is 23.5 Å². The van der Waals surface area contributed by atoms with E-state index in [0.717, 1.165) is 10.7 Å². The molecule has 0 saturated heterocycles. The maximum Gasteiger partial charge on any atom is 0.342 e. The molecule has 0 radical (unpaired) electrons. The zero-order valence-electron chi connectivity index (χ0n) is 15.8. The van der Waals surface area contributed by atoms with Gasteiger partial charge in [-0.25, -0.2) is 14.2 Å². The quantitative estimate of drug-likeness (QED) is 0.582. The van der Waals surface area contributed by atoms with Crippen LogP contribution in [-0.4, -0.2) is 23.0 Å². The molecule has 0 aliphatic rings. The Morgan fingerprint density at radius 2 is 1.90 bits per heavy atom. The van der Waals surface area contributed by atoms with Gasteiger partial charge in [0.2, 0.25) is 0 Å². The molecule has 3 aromatic rings. The van der Waals surface area contributed by atoms with Gasteiger partial charge in [-0.15, -0.1) is 11.3 Å². The first-order valence-electron chi connectivity index (χ1n) is 8.83. The summed E-state index contributed by atoms with van der Waals surface area (Å²) >= 11 is 1.51. The number of aryl methyl sites for hydroxylation is 1. The topological polar surface area (TPSA) is 77.5 Å². The molecule has 6 nitrogen and oxygen atoms in total. The summed E-state index contributed by atoms with van der Waals surface area (Å²) in [7, 11) is 0. The lowest BCUT2D eigenvalue weighted by Gasteiger charge is -2.15. The van der Waals surface area contributed by atoms with Crippen LogP contribution in [0.25, 0.3) is 0 Å². The number of hydrogen-bond acceptors (Lipinski definition) is 6. The van der Waals surface area contributed by atoms with Crippen molar-refractivity contribution >= 4 is 28.9 Å². The lowest BCUT2D eigenvalue weighted by molar-refractivity contribution is -0.123. The van der Waals surface area contributed by atoms with E-state index in [1.807, 2.05) is 12.3 Å². The van der Waals surface area contributed by atoms with Crippen LogP contribution in [0.2, 0.25) is 0 Å². The molecule has 8 heteroatoms. The number of nitrogens with zero attached hydrogens (tertiary/aromatic N) is 1. The van der Waals surface area contributed by atoms with Crippen LogP contribution in [-0.2, 0) is 16.1 Å². The van der Waals surface area contributed by atoms with Crippen molar-refractivity contribution in [3.63, 3.8) is 0 Å². The van der Waals surface area contributed by atoms with Gasteiger partial charge in [0.1, 0.15) is 23.7 Å². The molecule has 150 valence electrons. The largest absolute Gasteiger partial charge is 0.486 e. The van der Waals surface area contributed by atoms with Gasteiger partial charge in [0.15, 0.2) is 6.10 Å². The number of amides is 1. The summed E-state index contributed by atoms with van der Waals surface area (Å²) in [4.78, 5) is 29.1. The SMILES string of the molecule is Cc1nc(COc2ccccc2C(=O)O[C@@H](C)C(=O)Nc2ccccc2F)cs1. The van der Waals surface area contributed by atoms with Crippen molar-refractivity contribution in [2.45, 2.75) is 26.6 Å². The third-order valence-corrected chi connectivity index (χ3v) is 4.76. The highest BCUT2D eigenvalue weighted by atomic mass is 32.1. The highest BCUT2D eigenvalue weighted by Crippen LogP contribution is 2.22. The number of ether oxygens (including phenoxy) is 2. The van der Waals surface area contributed by atoms with Crippen LogP contribution < -0.4 is 10.1 Å². The van der Waals surface area contributed by atoms with E-state index in [9.17, 15) is 14.0 Å². The number of nitrogens with one attached hydrogen (secondary N) is 1. The number of carbonyl (C=O) groups excluding carboxylic acids is 2. The molecule has 2 aromatic carbocycles. The molecule has 0 unspecified atom stereocenters. The Kier molecular flexibility index (Phi) is 6.56. The van der Waals surface area contributed by atoms with Gasteiger partial charge < -0.3 is 14.8 Å². The minimum atomic E-state index is -1.13. The third kappa shape index (κ3) is 5.39. The fraction of sp³-hybridized carbons (Fsp3) is 0.190. The highest BCUT2D eigenvalue weighted by molar-refractivity contribution is 7.09. The third-order valence-electron chi connectivity index (χ3n) is 3.93. The van der Waals surface area contributed by atoms with E-state index in [2.05, 4.69) is 10.3 Å². The zero-order chi connectivity index (χ0) is 20.8. The van der Waals surface area contributed by atoms with E-state index in [1.165, 1.54) is 36.5 Å². The molecule has 0 aliphatic carbocycles. The zero-order valence-corrected chi connectivity index (χ0v) is 16.7. The Labute approximate surface area is 171 Å². The Morgan fingerprint density at radius 3 is 2.62 bits per heavy atom. The summed E-state index contributed by atoms with van der Waals surface area (Å²) in [5.74, 6) is -1.61. The monoisotopic (exact) mass is 414 g/mol. The van der Waals surface area contributed by atoms with E-state index in [1.54, 1.807) is 30.3 Å². The predicted molar refractivity (Wildman–Crippen MR) is 108 cm³/mol. The molecule has 0 spiro atoms. The number of benzene rings is 2. The Balaban J connectivity index is 1.64. The van der Waals surface area contributed by atoms with Gasteiger partial charge >= 0.3 is 5.97 Å². The second kappa shape index (κ2) is 9.29. The first-order chi connectivity index (χ1) is 13.9. The number of aromatic nitrogens is 1. The molecule has 1 atom stereocenters. The van der Waals surface area contributed by atoms with Crippen molar-refractivity contribution in [1.29, 1.82) is 0 Å². The average molecular weight is 414 g/mol. The number of hydrogen-bond donors (Lipinski definition) is 1. The highest BCUT2D eigenvalue weighted by Gasteiger charge is 2.22. The van der Waals surface area contributed by atoms with Gasteiger partial charge in [-0.3, -0.25) is 4.79 Å². The van der Waals surface area contributed by atoms with Crippen molar-refractivity contribution in [2.75, 3.05) is 5.32 Å². The molecule has 0 saturated carbocycles. The van der Waals surface area contributed by atoms with Crippen molar-refractivity contribution in [3.05, 3.63) is 76.0 Å². The number of esters is 1. The molecular formula is C21H19FN2O4S. The van der Waals surface area contributed by atoms with Crippen molar-refractivity contribution in [2.24, 2.45) is 0 Å². The van der Waals surface area contributed by atoms with Crippen LogP contribution in [0.1, 0.15) is 28.0 Å². The van der Waals surface area contributed by atoms with Gasteiger partial charge in [0, 0.05) is 5.38 Å². The Hall–Kier alpha value is -3.26. The summed E-state index contributed by atoms with van der Waals surface area (Å²) in [5.41, 5.74) is 0.959. The lowest BCUT2D eigenvalue weighted by Crippen LogP contribution is -2.30. The van der Waals surface area contributed by atoms with Gasteiger partial charge in [-0.05, 0) is 38.1 Å². The predicted octanol–water partition coefficient (Wildman–Crippen LogP) is 4.35. The summed E-state index contributed by atoms with van der Waals surface area (Å²) in [6, 6.07) is 12.3. The van der Waals surface area contributed by atoms with E-state index in [4.69, 9.17) is 9.47 Å². The van der Waals surface area contributed by atoms with Crippen molar-refractivity contribution in [3.8, 4) is 5.75 Å². The minimum absolute atomic E-state index is 0.0164. The summed E-state index contributed by atoms with van der Waals surface area (Å²) in [6.45, 7) is 3.51. The molecule has 29 heavy (non-hydrogen) atoms. The second-order valence-electron chi connectivity index (χ2n) is 6.16. The van der Waals surface area contributed by atoms with Crippen LogP contribution in [0.4, 0.5) is 10.1 Å². The maximum absolute atomic E-state index is 13.7. The van der Waals surface area contributed by atoms with Gasteiger partial charge in [-0.2, -0.15) is 0 Å². The smallest absolute Gasteiger partial charge is 0.342 e. The molecular weight excluding hydrogens is 395 g/mol. The Bertz CT molecular complexity index is 1020. The van der Waals surface area contributed by atoms with Crippen LogP contribution >= 0.6 is 11.3 Å². The molecule has 3 rings (SSSR count). The molecule has 1 amide bonds. The van der Waals surface area contributed by atoms with Gasteiger partial charge in [0.25, 0.3) is 5.91 Å². The fourth-order valence-corrected chi connectivity index (χ4v) is 3.06. The number of para-hydroxylation sites is 2. The molecule has 0 fully saturated rings. The standard InChI is InChI=1S/C21H19FN2O4S/c1-13(20(25)24-18-9-5-4-8-17(18)22)28-21(26)16-7-3-6-10-19(16)27-11-15-12-29-14(2)23-15/h3-10,12-13H,11H2,1-2H3,(H,24,25)/t13-/m0/s1. The van der Waals surface area contributed by atoms with E-state index < -0.39 is 23.8 Å². The summed E-state index contributed by atoms with van der Waals surface area (Å²) in [6.07, 6.45) is -1.13. The minimum Gasteiger partial charge on any atom is -0.486 e. The van der Waals surface area contributed by atoms with Crippen LogP contribution in [0.15, 0.2) is 53.9 Å². The van der Waals surface area contributed by atoms with Crippen LogP contribution in [0.3, 0.4) is 0 Å². The molecule has 1 heterocycles. The molecule has 0 aliphatic heterocycles. The average Bonchev–Trinajstić information content (AvgIpc) is 3.13. The second-order valence-corrected chi connectivity index (χ2v) is 7.22. The number of halogens is 1. The number of thiazole rings is 1. The Morgan fingerprint density at radius 1 is 1.17 bits per heavy atom. The number of carbonyl (C=O) groups is 2. The molecule has 1 aromatic heterocycles. The fourth-order valence-electron chi connectivity index (χ4n) is 2.46. The first-order valence-corrected chi connectivity index (χ1v) is 9.71. The van der Waals surface area contributed by atoms with Crippen LogP contribution in [0, 0.1) is 12.7 Å². The summed E-state index contributed by atoms with van der Waals surface area (Å²) < 4.78 is 24.6. The van der Waals surface area contributed by atoms with Gasteiger partial charge in [0.05, 0.1) is 16.4 Å². The van der Waals surface area contributed by atoms with Crippen LogP contribution in [0.5, 0.6) is 5.75 Å².